The molecule has 22 heavy (non-hydrogen) atoms. The van der Waals surface area contributed by atoms with Crippen molar-refractivity contribution >= 4 is 39.1 Å². The minimum absolute atomic E-state index is 0.317. The smallest absolute Gasteiger partial charge is 0.0455 e. The molecule has 0 saturated carbocycles. The lowest BCUT2D eigenvalue weighted by atomic mass is 9.87. The van der Waals surface area contributed by atoms with Crippen LogP contribution in [0.2, 0.25) is 10.0 Å². The first-order valence-electron chi connectivity index (χ1n) is 7.65. The van der Waals surface area contributed by atoms with E-state index in [1.165, 1.54) is 24.8 Å². The van der Waals surface area contributed by atoms with Crippen molar-refractivity contribution < 1.29 is 0 Å². The van der Waals surface area contributed by atoms with Crippen molar-refractivity contribution in [3.05, 3.63) is 74.5 Å². The summed E-state index contributed by atoms with van der Waals surface area (Å²) in [6, 6.07) is 14.2. The third-order valence-corrected chi connectivity index (χ3v) is 4.84. The van der Waals surface area contributed by atoms with Gasteiger partial charge >= 0.3 is 0 Å². The van der Waals surface area contributed by atoms with Crippen molar-refractivity contribution in [1.82, 2.24) is 0 Å². The van der Waals surface area contributed by atoms with Crippen LogP contribution < -0.4 is 0 Å². The van der Waals surface area contributed by atoms with Crippen LogP contribution in [0.5, 0.6) is 0 Å². The largest absolute Gasteiger partial charge is 0.0843 e. The van der Waals surface area contributed by atoms with E-state index in [1.54, 1.807) is 0 Å². The molecule has 0 nitrogen and oxygen atoms in total. The fourth-order valence-electron chi connectivity index (χ4n) is 2.55. The molecule has 0 amide bonds. The molecule has 0 aliphatic rings. The van der Waals surface area contributed by atoms with E-state index in [0.717, 1.165) is 21.5 Å². The normalized spacial score (nSPS) is 12.4. The van der Waals surface area contributed by atoms with Crippen molar-refractivity contribution in [1.29, 1.82) is 0 Å². The molecule has 1 unspecified atom stereocenters. The molecule has 0 heterocycles. The van der Waals surface area contributed by atoms with E-state index < -0.39 is 0 Å². The molecule has 1 radical (unpaired) electrons. The third kappa shape index (κ3) is 5.30. The van der Waals surface area contributed by atoms with E-state index in [9.17, 15) is 0 Å². The highest BCUT2D eigenvalue weighted by molar-refractivity contribution is 9.10. The highest BCUT2D eigenvalue weighted by Crippen LogP contribution is 2.34. The molecule has 117 valence electrons. The van der Waals surface area contributed by atoms with Crippen LogP contribution in [0, 0.1) is 6.42 Å². The summed E-state index contributed by atoms with van der Waals surface area (Å²) < 4.78 is 1.09. The molecule has 1 atom stereocenters. The summed E-state index contributed by atoms with van der Waals surface area (Å²) in [7, 11) is 0. The lowest BCUT2D eigenvalue weighted by molar-refractivity contribution is 0.613. The first kappa shape index (κ1) is 17.8. The number of unbranched alkanes of at least 4 members (excludes halogenated alkanes) is 2. The summed E-state index contributed by atoms with van der Waals surface area (Å²) in [6.45, 7) is 2.22. The standard InChI is InChI=1S/C19H20BrCl2/c1-2-3-4-5-15(12-14-6-8-16(20)9-7-14)18-11-10-17(21)13-19(18)22/h6-13,15H,2-5H2,1H3. The summed E-state index contributed by atoms with van der Waals surface area (Å²) in [5.74, 6) is 0.317. The fourth-order valence-corrected chi connectivity index (χ4v) is 3.36. The quantitative estimate of drug-likeness (QED) is 0.419. The number of hydrogen-bond acceptors (Lipinski definition) is 0. The summed E-state index contributed by atoms with van der Waals surface area (Å²) in [5.41, 5.74) is 2.38. The maximum atomic E-state index is 6.42. The van der Waals surface area contributed by atoms with Gasteiger partial charge in [-0.25, -0.2) is 0 Å². The zero-order valence-electron chi connectivity index (χ0n) is 12.7. The number of hydrogen-bond donors (Lipinski definition) is 0. The van der Waals surface area contributed by atoms with Crippen LogP contribution in [0.1, 0.15) is 49.7 Å². The fraction of sp³-hybridized carbons (Fsp3) is 0.316. The van der Waals surface area contributed by atoms with E-state index in [1.807, 2.05) is 12.1 Å². The Hall–Kier alpha value is -0.500. The molecule has 0 spiro atoms. The highest BCUT2D eigenvalue weighted by Gasteiger charge is 2.16. The summed E-state index contributed by atoms with van der Waals surface area (Å²) >= 11 is 15.9. The molecule has 0 aromatic heterocycles. The average molecular weight is 399 g/mol. The molecule has 0 bridgehead atoms. The van der Waals surface area contributed by atoms with Gasteiger partial charge in [-0.1, -0.05) is 83.5 Å². The zero-order valence-corrected chi connectivity index (χ0v) is 15.8. The van der Waals surface area contributed by atoms with Crippen molar-refractivity contribution in [2.45, 2.75) is 38.5 Å². The van der Waals surface area contributed by atoms with Crippen molar-refractivity contribution in [2.75, 3.05) is 0 Å². The molecule has 2 aromatic carbocycles. The van der Waals surface area contributed by atoms with Crippen LogP contribution in [0.15, 0.2) is 46.9 Å². The molecular weight excluding hydrogens is 379 g/mol. The van der Waals surface area contributed by atoms with E-state index in [0.29, 0.717) is 10.9 Å². The van der Waals surface area contributed by atoms with Gasteiger partial charge in [-0.2, -0.15) is 0 Å². The molecule has 2 aromatic rings. The number of halogens is 3. The van der Waals surface area contributed by atoms with E-state index in [-0.39, 0.29) is 0 Å². The monoisotopic (exact) mass is 397 g/mol. The lowest BCUT2D eigenvalue weighted by Gasteiger charge is -2.19. The number of rotatable bonds is 7. The first-order valence-corrected chi connectivity index (χ1v) is 9.20. The maximum Gasteiger partial charge on any atom is 0.0455 e. The Balaban J connectivity index is 2.19. The van der Waals surface area contributed by atoms with E-state index in [2.05, 4.69) is 59.6 Å². The predicted octanol–water partition coefficient (Wildman–Crippen LogP) is 7.67. The lowest BCUT2D eigenvalue weighted by Crippen LogP contribution is -2.02. The van der Waals surface area contributed by atoms with Crippen LogP contribution in [0.4, 0.5) is 0 Å². The molecule has 3 heteroatoms. The Bertz CT molecular complexity index is 593. The van der Waals surface area contributed by atoms with Crippen LogP contribution in [-0.4, -0.2) is 0 Å². The topological polar surface area (TPSA) is 0 Å². The van der Waals surface area contributed by atoms with Crippen molar-refractivity contribution in [2.24, 2.45) is 0 Å². The molecule has 0 saturated heterocycles. The molecule has 0 aliphatic heterocycles. The first-order chi connectivity index (χ1) is 10.6. The second-order valence-corrected chi connectivity index (χ2v) is 7.25. The second-order valence-electron chi connectivity index (χ2n) is 5.49. The number of benzene rings is 2. The van der Waals surface area contributed by atoms with Crippen LogP contribution >= 0.6 is 39.1 Å². The van der Waals surface area contributed by atoms with Gasteiger partial charge in [0.1, 0.15) is 0 Å². The second kappa shape index (κ2) is 8.96. The summed E-state index contributed by atoms with van der Waals surface area (Å²) in [4.78, 5) is 0. The van der Waals surface area contributed by atoms with Gasteiger partial charge in [-0.15, -0.1) is 0 Å². The van der Waals surface area contributed by atoms with Gasteiger partial charge in [-0.3, -0.25) is 0 Å². The summed E-state index contributed by atoms with van der Waals surface area (Å²) in [6.07, 6.45) is 7.07. The van der Waals surface area contributed by atoms with Gasteiger partial charge in [0.2, 0.25) is 0 Å². The average Bonchev–Trinajstić information content (AvgIpc) is 2.49. The predicted molar refractivity (Wildman–Crippen MR) is 101 cm³/mol. The minimum Gasteiger partial charge on any atom is -0.0843 e. The van der Waals surface area contributed by atoms with Gasteiger partial charge < -0.3 is 0 Å². The molecule has 0 aliphatic carbocycles. The van der Waals surface area contributed by atoms with Gasteiger partial charge in [0, 0.05) is 14.5 Å². The SMILES string of the molecule is CCCCCC([CH]c1ccc(Br)cc1)c1ccc(Cl)cc1Cl. The van der Waals surface area contributed by atoms with E-state index in [4.69, 9.17) is 23.2 Å². The van der Waals surface area contributed by atoms with Gasteiger partial charge in [0.25, 0.3) is 0 Å². The van der Waals surface area contributed by atoms with Crippen molar-refractivity contribution in [3.8, 4) is 0 Å². The Kier molecular flexibility index (Phi) is 7.27. The van der Waals surface area contributed by atoms with Crippen LogP contribution in [0.3, 0.4) is 0 Å². The highest BCUT2D eigenvalue weighted by atomic mass is 79.9. The van der Waals surface area contributed by atoms with Crippen LogP contribution in [0.25, 0.3) is 0 Å². The Morgan fingerprint density at radius 2 is 1.77 bits per heavy atom. The Morgan fingerprint density at radius 1 is 1.05 bits per heavy atom. The zero-order chi connectivity index (χ0) is 15.9. The molecule has 0 N–H and O–H groups in total. The van der Waals surface area contributed by atoms with Crippen LogP contribution in [-0.2, 0) is 0 Å². The van der Waals surface area contributed by atoms with Gasteiger partial charge in [0.15, 0.2) is 0 Å². The van der Waals surface area contributed by atoms with E-state index >= 15 is 0 Å². The Morgan fingerprint density at radius 3 is 2.41 bits per heavy atom. The van der Waals surface area contributed by atoms with Gasteiger partial charge in [-0.05, 0) is 54.2 Å². The Labute approximate surface area is 152 Å². The maximum absolute atomic E-state index is 6.42. The third-order valence-electron chi connectivity index (χ3n) is 3.74. The van der Waals surface area contributed by atoms with Crippen molar-refractivity contribution in [3.63, 3.8) is 0 Å². The molecule has 0 fully saturated rings. The minimum atomic E-state index is 0.317. The van der Waals surface area contributed by atoms with Gasteiger partial charge in [0.05, 0.1) is 0 Å². The molecule has 2 rings (SSSR count). The molecular formula is C19H20BrCl2. The summed E-state index contributed by atoms with van der Waals surface area (Å²) in [5, 5.41) is 1.44.